The molecular weight excluding hydrogens is 116 g/mol. The first-order chi connectivity index (χ1) is 4.20. The predicted molar refractivity (Wildman–Crippen MR) is 37.3 cm³/mol. The zero-order valence-electron chi connectivity index (χ0n) is 6.14. The summed E-state index contributed by atoms with van der Waals surface area (Å²) >= 11 is 0. The number of nitrogens with one attached hydrogen (secondary N) is 1. The Morgan fingerprint density at radius 2 is 2.22 bits per heavy atom. The molecule has 0 aromatic rings. The van der Waals surface area contributed by atoms with Gasteiger partial charge in [-0.25, -0.2) is 5.84 Å². The van der Waals surface area contributed by atoms with E-state index in [4.69, 9.17) is 10.6 Å². The normalized spacial score (nSPS) is 11.9. The van der Waals surface area contributed by atoms with Crippen LogP contribution in [0, 0.1) is 0 Å². The summed E-state index contributed by atoms with van der Waals surface area (Å²) in [4.78, 5) is 0. The molecule has 0 unspecified atom stereocenters. The monoisotopic (exact) mass is 130 g/mol. The summed E-state index contributed by atoms with van der Waals surface area (Å²) in [6.07, 6.45) is 1.95. The van der Waals surface area contributed by atoms with Crippen LogP contribution in [0.2, 0.25) is 0 Å². The molecule has 0 amide bonds. The molecule has 0 aliphatic rings. The highest BCUT2D eigenvalue weighted by atomic mass is 16.5. The van der Waals surface area contributed by atoms with Crippen LogP contribution in [0.3, 0.4) is 0 Å². The molecule has 3 N–H and O–H groups in total. The van der Waals surface area contributed by atoms with Gasteiger partial charge in [-0.3, -0.25) is 5.43 Å². The van der Waals surface area contributed by atoms with Crippen molar-refractivity contribution in [3.05, 3.63) is 12.0 Å². The van der Waals surface area contributed by atoms with Crippen LogP contribution in [-0.4, -0.2) is 6.10 Å². The fraction of sp³-hybridized carbons (Fsp3) is 0.667. The van der Waals surface area contributed by atoms with E-state index in [0.717, 1.165) is 0 Å². The third-order valence-corrected chi connectivity index (χ3v) is 0.767. The second-order valence-electron chi connectivity index (χ2n) is 1.96. The Morgan fingerprint density at radius 1 is 1.67 bits per heavy atom. The molecule has 0 bridgehead atoms. The van der Waals surface area contributed by atoms with E-state index in [0.29, 0.717) is 5.88 Å². The smallest absolute Gasteiger partial charge is 0.196 e. The average molecular weight is 130 g/mol. The van der Waals surface area contributed by atoms with Gasteiger partial charge in [-0.1, -0.05) is 0 Å². The summed E-state index contributed by atoms with van der Waals surface area (Å²) in [7, 11) is 0. The molecule has 0 heterocycles. The van der Waals surface area contributed by atoms with Gasteiger partial charge in [0.25, 0.3) is 0 Å². The van der Waals surface area contributed by atoms with Gasteiger partial charge in [0, 0.05) is 0 Å². The van der Waals surface area contributed by atoms with E-state index >= 15 is 0 Å². The third-order valence-electron chi connectivity index (χ3n) is 0.767. The van der Waals surface area contributed by atoms with Crippen molar-refractivity contribution in [2.24, 2.45) is 5.84 Å². The maximum Gasteiger partial charge on any atom is 0.196 e. The van der Waals surface area contributed by atoms with Gasteiger partial charge in [-0.15, -0.1) is 0 Å². The van der Waals surface area contributed by atoms with Crippen molar-refractivity contribution >= 4 is 0 Å². The minimum absolute atomic E-state index is 0.173. The fourth-order valence-electron chi connectivity index (χ4n) is 0.439. The lowest BCUT2D eigenvalue weighted by Gasteiger charge is -2.11. The van der Waals surface area contributed by atoms with E-state index in [9.17, 15) is 0 Å². The molecule has 0 rings (SSSR count). The van der Waals surface area contributed by atoms with Crippen LogP contribution in [0.1, 0.15) is 20.8 Å². The Hall–Kier alpha value is -0.700. The van der Waals surface area contributed by atoms with Crippen LogP contribution in [0.25, 0.3) is 0 Å². The zero-order chi connectivity index (χ0) is 7.28. The topological polar surface area (TPSA) is 47.3 Å². The maximum atomic E-state index is 5.17. The molecular formula is C6H14N2O. The maximum absolute atomic E-state index is 5.17. The summed E-state index contributed by atoms with van der Waals surface area (Å²) in [5.74, 6) is 5.70. The predicted octanol–water partition coefficient (Wildman–Crippen LogP) is 0.736. The van der Waals surface area contributed by atoms with Gasteiger partial charge in [-0.2, -0.15) is 0 Å². The van der Waals surface area contributed by atoms with Crippen LogP contribution < -0.4 is 11.3 Å². The number of hydrogen-bond acceptors (Lipinski definition) is 3. The highest BCUT2D eigenvalue weighted by Crippen LogP contribution is 1.95. The molecule has 9 heavy (non-hydrogen) atoms. The number of hydrogen-bond donors (Lipinski definition) is 2. The SMILES string of the molecule is C/C=C(\NN)OC(C)C. The Labute approximate surface area is 55.8 Å². The van der Waals surface area contributed by atoms with Gasteiger partial charge in [0.2, 0.25) is 0 Å². The molecule has 0 aromatic carbocycles. The molecule has 0 aromatic heterocycles. The van der Waals surface area contributed by atoms with Crippen molar-refractivity contribution in [2.45, 2.75) is 26.9 Å². The van der Waals surface area contributed by atoms with E-state index in [1.165, 1.54) is 0 Å². The van der Waals surface area contributed by atoms with Gasteiger partial charge < -0.3 is 4.74 Å². The van der Waals surface area contributed by atoms with E-state index in [2.05, 4.69) is 5.43 Å². The van der Waals surface area contributed by atoms with Crippen LogP contribution >= 0.6 is 0 Å². The molecule has 0 atom stereocenters. The number of nitrogens with two attached hydrogens (primary N) is 1. The Bertz CT molecular complexity index is 99.2. The van der Waals surface area contributed by atoms with Crippen molar-refractivity contribution in [1.29, 1.82) is 0 Å². The van der Waals surface area contributed by atoms with Gasteiger partial charge >= 0.3 is 0 Å². The van der Waals surface area contributed by atoms with Crippen molar-refractivity contribution in [3.8, 4) is 0 Å². The Morgan fingerprint density at radius 3 is 2.33 bits per heavy atom. The lowest BCUT2D eigenvalue weighted by Crippen LogP contribution is -2.24. The van der Waals surface area contributed by atoms with E-state index in [1.807, 2.05) is 20.8 Å². The lowest BCUT2D eigenvalue weighted by molar-refractivity contribution is 0.130. The summed E-state index contributed by atoms with van der Waals surface area (Å²) in [6.45, 7) is 5.75. The highest BCUT2D eigenvalue weighted by molar-refractivity contribution is 4.85. The summed E-state index contributed by atoms with van der Waals surface area (Å²) in [5, 5.41) is 0. The van der Waals surface area contributed by atoms with Crippen molar-refractivity contribution < 1.29 is 4.74 Å². The average Bonchev–Trinajstić information content (AvgIpc) is 1.82. The van der Waals surface area contributed by atoms with Crippen molar-refractivity contribution in [3.63, 3.8) is 0 Å². The summed E-state index contributed by atoms with van der Waals surface area (Å²) < 4.78 is 5.17. The van der Waals surface area contributed by atoms with Gasteiger partial charge in [0.05, 0.1) is 6.10 Å². The second kappa shape index (κ2) is 4.21. The molecule has 3 heteroatoms. The van der Waals surface area contributed by atoms with Crippen molar-refractivity contribution in [2.75, 3.05) is 0 Å². The first-order valence-electron chi connectivity index (χ1n) is 3.00. The largest absolute Gasteiger partial charge is 0.476 e. The molecule has 0 aliphatic carbocycles. The first-order valence-corrected chi connectivity index (χ1v) is 3.00. The molecule has 0 saturated heterocycles. The molecule has 0 spiro atoms. The first kappa shape index (κ1) is 8.30. The van der Waals surface area contributed by atoms with Crippen LogP contribution in [0.5, 0.6) is 0 Å². The number of ether oxygens (including phenoxy) is 1. The lowest BCUT2D eigenvalue weighted by atomic mass is 10.5. The number of rotatable bonds is 3. The van der Waals surface area contributed by atoms with Crippen LogP contribution in [-0.2, 0) is 4.74 Å². The van der Waals surface area contributed by atoms with Crippen LogP contribution in [0.15, 0.2) is 12.0 Å². The van der Waals surface area contributed by atoms with Gasteiger partial charge in [-0.05, 0) is 26.8 Å². The quantitative estimate of drug-likeness (QED) is 0.336. The number of allylic oxidation sites excluding steroid dienone is 1. The zero-order valence-corrected chi connectivity index (χ0v) is 6.14. The third kappa shape index (κ3) is 3.85. The van der Waals surface area contributed by atoms with E-state index < -0.39 is 0 Å². The second-order valence-corrected chi connectivity index (χ2v) is 1.96. The van der Waals surface area contributed by atoms with Crippen LogP contribution in [0.4, 0.5) is 0 Å². The highest BCUT2D eigenvalue weighted by Gasteiger charge is 1.94. The van der Waals surface area contributed by atoms with Crippen molar-refractivity contribution in [1.82, 2.24) is 5.43 Å². The summed E-state index contributed by atoms with van der Waals surface area (Å²) in [6, 6.07) is 0. The Balaban J connectivity index is 3.58. The van der Waals surface area contributed by atoms with E-state index in [-0.39, 0.29) is 6.10 Å². The van der Waals surface area contributed by atoms with Gasteiger partial charge in [0.15, 0.2) is 5.88 Å². The minimum atomic E-state index is 0.173. The Kier molecular flexibility index (Phi) is 3.88. The fourth-order valence-corrected chi connectivity index (χ4v) is 0.439. The molecule has 0 aliphatic heterocycles. The molecule has 0 saturated carbocycles. The van der Waals surface area contributed by atoms with Gasteiger partial charge in [0.1, 0.15) is 0 Å². The number of hydrazine groups is 1. The molecule has 0 radical (unpaired) electrons. The summed E-state index contributed by atoms with van der Waals surface area (Å²) in [5.41, 5.74) is 2.42. The molecule has 3 nitrogen and oxygen atoms in total. The standard InChI is InChI=1S/C6H14N2O/c1-4-6(8-7)9-5(2)3/h4-5,8H,7H2,1-3H3/b6-4+. The molecule has 54 valence electrons. The molecule has 0 fully saturated rings. The minimum Gasteiger partial charge on any atom is -0.476 e. The van der Waals surface area contributed by atoms with E-state index in [1.54, 1.807) is 6.08 Å².